The molecule has 0 aromatic heterocycles. The van der Waals surface area contributed by atoms with E-state index in [2.05, 4.69) is 20.9 Å². The van der Waals surface area contributed by atoms with E-state index in [0.717, 1.165) is 24.8 Å². The first kappa shape index (κ1) is 29.9. The average Bonchev–Trinajstić information content (AvgIpc) is 2.83. The molecule has 0 heterocycles. The number of halogens is 1. The van der Waals surface area contributed by atoms with Gasteiger partial charge in [0.2, 0.25) is 0 Å². The monoisotopic (exact) mass is 536 g/mol. The summed E-state index contributed by atoms with van der Waals surface area (Å²) in [6.45, 7) is 10.6. The molecule has 0 unspecified atom stereocenters. The van der Waals surface area contributed by atoms with Gasteiger partial charge < -0.3 is 25.4 Å². The third-order valence-electron chi connectivity index (χ3n) is 6.01. The number of hydrogen-bond acceptors (Lipinski definition) is 6. The first-order chi connectivity index (χ1) is 18.6. The molecule has 0 radical (unpaired) electrons. The predicted octanol–water partition coefficient (Wildman–Crippen LogP) is 5.07. The van der Waals surface area contributed by atoms with Crippen LogP contribution in [0.2, 0.25) is 0 Å². The van der Waals surface area contributed by atoms with Crippen molar-refractivity contribution in [2.45, 2.75) is 65.8 Å². The van der Waals surface area contributed by atoms with Crippen molar-refractivity contribution in [3.05, 3.63) is 63.9 Å². The first-order valence-electron chi connectivity index (χ1n) is 13.5. The molecule has 2 aromatic rings. The van der Waals surface area contributed by atoms with Crippen molar-refractivity contribution < 1.29 is 18.7 Å². The molecule has 1 aliphatic carbocycles. The normalized spacial score (nSPS) is 14.6. The second kappa shape index (κ2) is 13.9. The molecule has 1 saturated carbocycles. The third kappa shape index (κ3) is 8.68. The Labute approximate surface area is 230 Å². The van der Waals surface area contributed by atoms with Gasteiger partial charge in [-0.2, -0.15) is 0 Å². The Morgan fingerprint density at radius 1 is 1.08 bits per heavy atom. The molecule has 3 rings (SSSR count). The number of methoxy groups -OCH3 is 1. The highest BCUT2D eigenvalue weighted by Crippen LogP contribution is 2.29. The van der Waals surface area contributed by atoms with Gasteiger partial charge in [-0.25, -0.2) is 9.38 Å². The van der Waals surface area contributed by atoms with Gasteiger partial charge in [0.1, 0.15) is 24.0 Å². The van der Waals surface area contributed by atoms with Crippen molar-refractivity contribution in [1.82, 2.24) is 5.32 Å². The van der Waals surface area contributed by atoms with Gasteiger partial charge in [0.15, 0.2) is 0 Å². The zero-order valence-electron chi connectivity index (χ0n) is 23.9. The van der Waals surface area contributed by atoms with Crippen LogP contribution in [-0.4, -0.2) is 38.0 Å². The van der Waals surface area contributed by atoms with Crippen LogP contribution in [0.25, 0.3) is 11.9 Å². The fourth-order valence-corrected chi connectivity index (χ4v) is 4.10. The maximum absolute atomic E-state index is 15.4. The number of carbonyl (C=O) groups is 1. The molecule has 1 amide bonds. The Kier molecular flexibility index (Phi) is 10.7. The maximum Gasteiger partial charge on any atom is 0.271 e. The molecule has 0 bridgehead atoms. The Morgan fingerprint density at radius 2 is 1.74 bits per heavy atom. The van der Waals surface area contributed by atoms with Crippen LogP contribution in [0.4, 0.5) is 15.8 Å². The molecule has 0 aliphatic heterocycles. The highest BCUT2D eigenvalue weighted by atomic mass is 19.1. The van der Waals surface area contributed by atoms with Crippen LogP contribution in [0.1, 0.15) is 60.3 Å². The largest absolute Gasteiger partial charge is 0.491 e. The van der Waals surface area contributed by atoms with Crippen LogP contribution >= 0.6 is 0 Å². The lowest BCUT2D eigenvalue weighted by atomic mass is 9.89. The standard InChI is InChI=1S/C31H41FN4O3/c1-7-10-22-19-25(39-18-17-38-6)20-26(32)27(22)29(33-8-2)34-23-13-15-24(16-14-23)35-30(37)28(21-11-9-12-21)36-31(3,4)5/h8,10,13-16,19-20,34,36H,7,9,11-12,17-18H2,1-6H3,(H,35,37)/b22-10+,29-27-,33-8-. The van der Waals surface area contributed by atoms with E-state index >= 15 is 4.39 Å². The summed E-state index contributed by atoms with van der Waals surface area (Å²) < 4.78 is 26.1. The van der Waals surface area contributed by atoms with Crippen LogP contribution in [0.5, 0.6) is 5.75 Å². The lowest BCUT2D eigenvalue weighted by molar-refractivity contribution is -0.113. The summed E-state index contributed by atoms with van der Waals surface area (Å²) in [5.41, 5.74) is 2.99. The molecule has 0 saturated heterocycles. The molecule has 2 aromatic carbocycles. The topological polar surface area (TPSA) is 84.0 Å². The summed E-state index contributed by atoms with van der Waals surface area (Å²) in [5.74, 6) is 0.230. The number of anilines is 2. The van der Waals surface area contributed by atoms with E-state index in [1.807, 2.05) is 64.1 Å². The van der Waals surface area contributed by atoms with Crippen LogP contribution in [0, 0.1) is 5.82 Å². The third-order valence-corrected chi connectivity index (χ3v) is 6.01. The number of hydrogen-bond donors (Lipinski definition) is 3. The Morgan fingerprint density at radius 3 is 2.28 bits per heavy atom. The molecule has 8 heteroatoms. The van der Waals surface area contributed by atoms with Crippen molar-refractivity contribution in [2.75, 3.05) is 31.0 Å². The number of aliphatic imine (C=N–C) groups is 1. The smallest absolute Gasteiger partial charge is 0.271 e. The van der Waals surface area contributed by atoms with Gasteiger partial charge in [-0.15, -0.1) is 0 Å². The number of carbonyl (C=O) groups excluding carboxylic acids is 1. The molecular weight excluding hydrogens is 495 g/mol. The molecule has 210 valence electrons. The predicted molar refractivity (Wildman–Crippen MR) is 158 cm³/mol. The van der Waals surface area contributed by atoms with Gasteiger partial charge in [-0.05, 0) is 94.5 Å². The quantitative estimate of drug-likeness (QED) is 0.212. The van der Waals surface area contributed by atoms with Crippen molar-refractivity contribution in [3.63, 3.8) is 0 Å². The number of rotatable bonds is 11. The van der Waals surface area contributed by atoms with Crippen molar-refractivity contribution in [2.24, 2.45) is 4.99 Å². The molecular formula is C31H41FN4O3. The van der Waals surface area contributed by atoms with Gasteiger partial charge in [-0.1, -0.05) is 13.0 Å². The highest BCUT2D eigenvalue weighted by Gasteiger charge is 2.24. The van der Waals surface area contributed by atoms with Gasteiger partial charge in [0.05, 0.1) is 17.5 Å². The van der Waals surface area contributed by atoms with Crippen LogP contribution in [0.3, 0.4) is 0 Å². The summed E-state index contributed by atoms with van der Waals surface area (Å²) in [6, 6.07) is 10.5. The fourth-order valence-electron chi connectivity index (χ4n) is 4.10. The molecule has 1 fully saturated rings. The average molecular weight is 537 g/mol. The number of amides is 1. The zero-order valence-corrected chi connectivity index (χ0v) is 23.9. The summed E-state index contributed by atoms with van der Waals surface area (Å²) in [5, 5.41) is 10.7. The van der Waals surface area contributed by atoms with Crippen molar-refractivity contribution in [1.29, 1.82) is 0 Å². The summed E-state index contributed by atoms with van der Waals surface area (Å²) in [7, 11) is 1.59. The maximum atomic E-state index is 15.4. The zero-order chi connectivity index (χ0) is 28.4. The van der Waals surface area contributed by atoms with Crippen molar-refractivity contribution >= 4 is 35.4 Å². The number of nitrogens with one attached hydrogen (secondary N) is 3. The number of nitrogens with zero attached hydrogens (tertiary/aromatic N) is 1. The van der Waals surface area contributed by atoms with Gasteiger partial charge in [0, 0.05) is 36.3 Å². The second-order valence-corrected chi connectivity index (χ2v) is 10.4. The van der Waals surface area contributed by atoms with E-state index in [9.17, 15) is 4.79 Å². The van der Waals surface area contributed by atoms with E-state index in [1.165, 1.54) is 6.07 Å². The molecule has 39 heavy (non-hydrogen) atoms. The minimum Gasteiger partial charge on any atom is -0.491 e. The minimum absolute atomic E-state index is 0.141. The summed E-state index contributed by atoms with van der Waals surface area (Å²) in [4.78, 5) is 17.5. The van der Waals surface area contributed by atoms with E-state index in [4.69, 9.17) is 9.47 Å². The van der Waals surface area contributed by atoms with Gasteiger partial charge in [-0.3, -0.25) is 4.79 Å². The number of benzene rings is 2. The number of allylic oxidation sites excluding steroid dienone is 1. The van der Waals surface area contributed by atoms with Crippen LogP contribution in [-0.2, 0) is 9.53 Å². The lowest BCUT2D eigenvalue weighted by Crippen LogP contribution is -2.40. The molecule has 1 aliphatic rings. The van der Waals surface area contributed by atoms with Crippen LogP contribution < -0.4 is 31.1 Å². The molecule has 3 N–H and O–H groups in total. The van der Waals surface area contributed by atoms with E-state index in [0.29, 0.717) is 58.7 Å². The summed E-state index contributed by atoms with van der Waals surface area (Å²) in [6.07, 6.45) is 7.27. The number of ether oxygens (including phenoxy) is 2. The summed E-state index contributed by atoms with van der Waals surface area (Å²) >= 11 is 0. The highest BCUT2D eigenvalue weighted by molar-refractivity contribution is 6.04. The van der Waals surface area contributed by atoms with Gasteiger partial charge in [0.25, 0.3) is 5.91 Å². The van der Waals surface area contributed by atoms with Crippen molar-refractivity contribution in [3.8, 4) is 5.75 Å². The van der Waals surface area contributed by atoms with E-state index in [-0.39, 0.29) is 11.4 Å². The SMILES string of the molecule is C\C=N/C(Nc1ccc(NC(=O)C(NC(C)(C)C)=C2CCC2)cc1)=c1/c(F)cc(OCCOC)c/c1=C\CC. The second-order valence-electron chi connectivity index (χ2n) is 10.4. The van der Waals surface area contributed by atoms with E-state index in [1.54, 1.807) is 20.2 Å². The fraction of sp³-hybridized carbons (Fsp3) is 0.419. The van der Waals surface area contributed by atoms with Crippen LogP contribution in [0.15, 0.2) is 52.7 Å². The molecule has 0 atom stereocenters. The molecule has 7 nitrogen and oxygen atoms in total. The lowest BCUT2D eigenvalue weighted by Gasteiger charge is -2.29. The first-order valence-corrected chi connectivity index (χ1v) is 13.5. The Bertz CT molecular complexity index is 1320. The Balaban J connectivity index is 1.87. The minimum atomic E-state index is -0.440. The van der Waals surface area contributed by atoms with E-state index < -0.39 is 5.82 Å². The van der Waals surface area contributed by atoms with Gasteiger partial charge >= 0.3 is 0 Å². The Hall–Kier alpha value is -3.65. The molecule has 0 spiro atoms.